The molecule has 2 aromatic carbocycles. The summed E-state index contributed by atoms with van der Waals surface area (Å²) in [5.41, 5.74) is 6.83. The zero-order valence-electron chi connectivity index (χ0n) is 15.7. The van der Waals surface area contributed by atoms with Crippen LogP contribution >= 0.6 is 24.4 Å². The van der Waals surface area contributed by atoms with Crippen LogP contribution in [0.15, 0.2) is 36.4 Å². The second-order valence-corrected chi connectivity index (χ2v) is 7.33. The molecule has 0 amide bonds. The van der Waals surface area contributed by atoms with Crippen molar-refractivity contribution < 1.29 is 0 Å². The monoisotopic (exact) mass is 386 g/mol. The summed E-state index contributed by atoms with van der Waals surface area (Å²) in [4.78, 5) is 0. The highest BCUT2D eigenvalue weighted by atomic mass is 32.1. The lowest BCUT2D eigenvalue weighted by Gasteiger charge is -2.14. The fourth-order valence-corrected chi connectivity index (χ4v) is 3.24. The average Bonchev–Trinajstić information content (AvgIpc) is 2.49. The van der Waals surface area contributed by atoms with Crippen molar-refractivity contribution in [1.82, 2.24) is 10.6 Å². The van der Waals surface area contributed by atoms with Crippen molar-refractivity contribution in [3.63, 3.8) is 0 Å². The van der Waals surface area contributed by atoms with Crippen molar-refractivity contribution in [1.29, 1.82) is 0 Å². The van der Waals surface area contributed by atoms with Gasteiger partial charge in [0.15, 0.2) is 10.2 Å². The quantitative estimate of drug-likeness (QED) is 0.457. The molecule has 0 aromatic heterocycles. The van der Waals surface area contributed by atoms with E-state index in [0.29, 0.717) is 23.3 Å². The van der Waals surface area contributed by atoms with Crippen molar-refractivity contribution in [2.24, 2.45) is 0 Å². The van der Waals surface area contributed by atoms with Crippen LogP contribution in [0.25, 0.3) is 0 Å². The van der Waals surface area contributed by atoms with Crippen LogP contribution in [0.3, 0.4) is 0 Å². The van der Waals surface area contributed by atoms with Crippen LogP contribution < -0.4 is 21.3 Å². The predicted octanol–water partition coefficient (Wildman–Crippen LogP) is 4.19. The van der Waals surface area contributed by atoms with Crippen LogP contribution in [0.4, 0.5) is 11.4 Å². The van der Waals surface area contributed by atoms with Crippen LogP contribution in [0.2, 0.25) is 0 Å². The van der Waals surface area contributed by atoms with Gasteiger partial charge in [-0.3, -0.25) is 0 Å². The van der Waals surface area contributed by atoms with Gasteiger partial charge < -0.3 is 21.3 Å². The molecule has 0 saturated carbocycles. The summed E-state index contributed by atoms with van der Waals surface area (Å²) < 4.78 is 0. The maximum Gasteiger partial charge on any atom is 0.170 e. The lowest BCUT2D eigenvalue weighted by Crippen LogP contribution is -2.38. The number of thiocarbonyl (C=S) groups is 2. The van der Waals surface area contributed by atoms with Gasteiger partial charge in [-0.1, -0.05) is 12.1 Å². The molecule has 0 saturated heterocycles. The molecule has 0 aliphatic rings. The van der Waals surface area contributed by atoms with Crippen LogP contribution in [0.1, 0.15) is 22.3 Å². The Morgan fingerprint density at radius 1 is 0.615 bits per heavy atom. The van der Waals surface area contributed by atoms with Crippen LogP contribution in [-0.2, 0) is 0 Å². The van der Waals surface area contributed by atoms with Crippen molar-refractivity contribution in [2.45, 2.75) is 27.7 Å². The molecule has 0 radical (unpaired) electrons. The summed E-state index contributed by atoms with van der Waals surface area (Å²) in [5.74, 6) is 0. The molecular formula is C20H26N4S2. The van der Waals surface area contributed by atoms with Crippen LogP contribution in [0, 0.1) is 27.7 Å². The molecule has 4 nitrogen and oxygen atoms in total. The van der Waals surface area contributed by atoms with Crippen molar-refractivity contribution in [2.75, 3.05) is 23.7 Å². The number of nitrogens with one attached hydrogen (secondary N) is 4. The third kappa shape index (κ3) is 6.98. The van der Waals surface area contributed by atoms with Gasteiger partial charge in [-0.15, -0.1) is 0 Å². The van der Waals surface area contributed by atoms with Gasteiger partial charge in [-0.05, 0) is 98.6 Å². The second-order valence-electron chi connectivity index (χ2n) is 6.51. The third-order valence-electron chi connectivity index (χ3n) is 3.66. The number of hydrogen-bond acceptors (Lipinski definition) is 2. The lowest BCUT2D eigenvalue weighted by molar-refractivity contribution is 0.821. The largest absolute Gasteiger partial charge is 0.361 e. The molecule has 2 aromatic rings. The van der Waals surface area contributed by atoms with Gasteiger partial charge in [0, 0.05) is 24.5 Å². The minimum atomic E-state index is 0.602. The zero-order valence-corrected chi connectivity index (χ0v) is 17.3. The Hall–Kier alpha value is -2.18. The molecule has 0 aliphatic carbocycles. The van der Waals surface area contributed by atoms with Gasteiger partial charge >= 0.3 is 0 Å². The summed E-state index contributed by atoms with van der Waals surface area (Å²) in [5, 5.41) is 14.0. The van der Waals surface area contributed by atoms with E-state index >= 15 is 0 Å². The number of rotatable bonds is 5. The molecule has 0 spiro atoms. The van der Waals surface area contributed by atoms with E-state index < -0.39 is 0 Å². The van der Waals surface area contributed by atoms with Crippen molar-refractivity contribution >= 4 is 46.0 Å². The van der Waals surface area contributed by atoms with Gasteiger partial charge in [-0.25, -0.2) is 0 Å². The van der Waals surface area contributed by atoms with E-state index in [1.54, 1.807) is 0 Å². The molecule has 0 heterocycles. The highest BCUT2D eigenvalue weighted by Crippen LogP contribution is 2.14. The van der Waals surface area contributed by atoms with E-state index in [9.17, 15) is 0 Å². The van der Waals surface area contributed by atoms with Gasteiger partial charge in [0.05, 0.1) is 0 Å². The fourth-order valence-electron chi connectivity index (χ4n) is 2.80. The number of benzene rings is 2. The van der Waals surface area contributed by atoms with Crippen molar-refractivity contribution in [3.05, 3.63) is 58.7 Å². The van der Waals surface area contributed by atoms with E-state index in [0.717, 1.165) is 11.4 Å². The van der Waals surface area contributed by atoms with E-state index in [2.05, 4.69) is 85.4 Å². The Morgan fingerprint density at radius 2 is 0.923 bits per heavy atom. The first-order valence-electron chi connectivity index (χ1n) is 8.58. The first-order valence-corrected chi connectivity index (χ1v) is 9.40. The summed E-state index contributed by atoms with van der Waals surface area (Å²) in [6, 6.07) is 12.6. The Morgan fingerprint density at radius 3 is 1.23 bits per heavy atom. The zero-order chi connectivity index (χ0) is 19.1. The minimum absolute atomic E-state index is 0.602. The summed E-state index contributed by atoms with van der Waals surface area (Å²) in [7, 11) is 0. The molecule has 0 aliphatic heterocycles. The summed E-state index contributed by atoms with van der Waals surface area (Å²) >= 11 is 10.7. The number of hydrogen-bond donors (Lipinski definition) is 4. The number of aryl methyl sites for hydroxylation is 4. The average molecular weight is 387 g/mol. The van der Waals surface area contributed by atoms with E-state index in [-0.39, 0.29) is 0 Å². The molecule has 6 heteroatoms. The summed E-state index contributed by atoms with van der Waals surface area (Å²) in [6.07, 6.45) is 0. The Labute approximate surface area is 166 Å². The molecule has 0 atom stereocenters. The van der Waals surface area contributed by atoms with Gasteiger partial charge in [0.25, 0.3) is 0 Å². The molecule has 26 heavy (non-hydrogen) atoms. The maximum absolute atomic E-state index is 5.34. The van der Waals surface area contributed by atoms with E-state index in [1.807, 2.05) is 0 Å². The van der Waals surface area contributed by atoms with Crippen molar-refractivity contribution in [3.8, 4) is 0 Å². The Bertz CT molecular complexity index is 694. The first-order chi connectivity index (χ1) is 12.3. The van der Waals surface area contributed by atoms with Gasteiger partial charge in [0.2, 0.25) is 0 Å². The van der Waals surface area contributed by atoms with Crippen LogP contribution in [-0.4, -0.2) is 23.3 Å². The lowest BCUT2D eigenvalue weighted by atomic mass is 10.1. The number of anilines is 2. The smallest absolute Gasteiger partial charge is 0.170 e. The molecular weight excluding hydrogens is 360 g/mol. The topological polar surface area (TPSA) is 48.1 Å². The standard InChI is InChI=1S/C20H26N4S2/c1-13-7-14(2)10-17(9-13)23-19(25)21-5-6-22-20(26)24-18-11-15(3)8-16(4)12-18/h7-12H,5-6H2,1-4H3,(H2,21,23,25)(H2,22,24,26). The molecule has 2 rings (SSSR count). The normalized spacial score (nSPS) is 10.2. The maximum atomic E-state index is 5.34. The van der Waals surface area contributed by atoms with E-state index in [1.165, 1.54) is 22.3 Å². The highest BCUT2D eigenvalue weighted by molar-refractivity contribution is 7.80. The Balaban J connectivity index is 1.70. The highest BCUT2D eigenvalue weighted by Gasteiger charge is 2.01. The fraction of sp³-hybridized carbons (Fsp3) is 0.300. The summed E-state index contributed by atoms with van der Waals surface area (Å²) in [6.45, 7) is 9.63. The van der Waals surface area contributed by atoms with E-state index in [4.69, 9.17) is 24.4 Å². The van der Waals surface area contributed by atoms with Gasteiger partial charge in [0.1, 0.15) is 0 Å². The SMILES string of the molecule is Cc1cc(C)cc(NC(=S)NCCNC(=S)Nc2cc(C)cc(C)c2)c1. The first kappa shape index (κ1) is 20.1. The molecule has 0 unspecified atom stereocenters. The second kappa shape index (κ2) is 9.50. The molecule has 138 valence electrons. The molecule has 0 fully saturated rings. The molecule has 4 N–H and O–H groups in total. The van der Waals surface area contributed by atoms with Gasteiger partial charge in [-0.2, -0.15) is 0 Å². The third-order valence-corrected chi connectivity index (χ3v) is 4.15. The predicted molar refractivity (Wildman–Crippen MR) is 120 cm³/mol. The van der Waals surface area contributed by atoms with Crippen LogP contribution in [0.5, 0.6) is 0 Å². The molecule has 0 bridgehead atoms. The minimum Gasteiger partial charge on any atom is -0.361 e. The Kier molecular flexibility index (Phi) is 7.36.